The van der Waals surface area contributed by atoms with E-state index in [4.69, 9.17) is 5.11 Å². The summed E-state index contributed by atoms with van der Waals surface area (Å²) in [4.78, 5) is 10.7. The number of piperidine rings is 1. The highest BCUT2D eigenvalue weighted by atomic mass is 16.5. The molecule has 0 spiro atoms. The molecule has 0 aliphatic carbocycles. The van der Waals surface area contributed by atoms with Crippen LogP contribution in [0.1, 0.15) is 26.2 Å². The van der Waals surface area contributed by atoms with Crippen molar-refractivity contribution in [3.63, 3.8) is 0 Å². The lowest BCUT2D eigenvalue weighted by atomic mass is 9.91. The quantitative estimate of drug-likeness (QED) is 0.591. The molecule has 1 aliphatic rings. The predicted octanol–water partition coefficient (Wildman–Crippen LogP) is 0.705. The number of aliphatic carboxylic acids is 1. The summed E-state index contributed by atoms with van der Waals surface area (Å²) in [7, 11) is 0. The zero-order chi connectivity index (χ0) is 8.48. The Balaban J connectivity index is 2.72. The molecule has 1 rings (SSSR count). The van der Waals surface area contributed by atoms with E-state index in [0.717, 1.165) is 17.9 Å². The van der Waals surface area contributed by atoms with Gasteiger partial charge in [-0.15, -0.1) is 0 Å². The van der Waals surface area contributed by atoms with Crippen LogP contribution >= 0.6 is 0 Å². The Hall–Kier alpha value is -0.610. The summed E-state index contributed by atoms with van der Waals surface area (Å²) in [6, 6.07) is 0. The van der Waals surface area contributed by atoms with E-state index >= 15 is 0 Å². The third-order valence-corrected chi connectivity index (χ3v) is 2.31. The van der Waals surface area contributed by atoms with Gasteiger partial charge in [-0.1, -0.05) is 0 Å². The first-order chi connectivity index (χ1) is 5.07. The Morgan fingerprint density at radius 2 is 2.18 bits per heavy atom. The highest BCUT2D eigenvalue weighted by molar-refractivity contribution is 5.78. The van der Waals surface area contributed by atoms with Gasteiger partial charge >= 0.3 is 5.97 Å². The second kappa shape index (κ2) is 2.79. The molecule has 2 N–H and O–H groups in total. The summed E-state index contributed by atoms with van der Waals surface area (Å²) >= 11 is 0. The van der Waals surface area contributed by atoms with Crippen molar-refractivity contribution < 1.29 is 15.1 Å². The Labute approximate surface area is 65.4 Å². The lowest BCUT2D eigenvalue weighted by Gasteiger charge is -2.36. The molecule has 0 bridgehead atoms. The van der Waals surface area contributed by atoms with Gasteiger partial charge in [-0.25, -0.2) is 0 Å². The highest BCUT2D eigenvalue weighted by Crippen LogP contribution is 2.25. The zero-order valence-corrected chi connectivity index (χ0v) is 6.58. The minimum absolute atomic E-state index is 0.461. The van der Waals surface area contributed by atoms with Crippen molar-refractivity contribution in [1.82, 2.24) is 5.06 Å². The van der Waals surface area contributed by atoms with Crippen LogP contribution in [0.5, 0.6) is 0 Å². The van der Waals surface area contributed by atoms with Crippen molar-refractivity contribution in [1.29, 1.82) is 0 Å². The molecular formula is C7H13NO3. The normalized spacial score (nSPS) is 33.6. The van der Waals surface area contributed by atoms with Gasteiger partial charge in [0.25, 0.3) is 0 Å². The van der Waals surface area contributed by atoms with Gasteiger partial charge in [0, 0.05) is 6.54 Å². The van der Waals surface area contributed by atoms with Crippen LogP contribution in [0.15, 0.2) is 0 Å². The van der Waals surface area contributed by atoms with E-state index in [0.29, 0.717) is 13.0 Å². The summed E-state index contributed by atoms with van der Waals surface area (Å²) < 4.78 is 0. The van der Waals surface area contributed by atoms with Crippen LogP contribution in [0.4, 0.5) is 0 Å². The minimum atomic E-state index is -1.06. The van der Waals surface area contributed by atoms with Crippen LogP contribution in [0.25, 0.3) is 0 Å². The average molecular weight is 159 g/mol. The first-order valence-corrected chi connectivity index (χ1v) is 3.77. The van der Waals surface area contributed by atoms with E-state index in [1.165, 1.54) is 0 Å². The van der Waals surface area contributed by atoms with Gasteiger partial charge in [0.1, 0.15) is 5.54 Å². The molecule has 0 amide bonds. The molecule has 0 aromatic rings. The fourth-order valence-corrected chi connectivity index (χ4v) is 1.32. The van der Waals surface area contributed by atoms with Gasteiger partial charge in [-0.2, -0.15) is 5.06 Å². The summed E-state index contributed by atoms with van der Waals surface area (Å²) in [5, 5.41) is 18.9. The SMILES string of the molecule is CC1(C(=O)O)CCCCN1O. The van der Waals surface area contributed by atoms with Crippen LogP contribution in [-0.2, 0) is 4.79 Å². The molecule has 64 valence electrons. The Kier molecular flexibility index (Phi) is 2.15. The van der Waals surface area contributed by atoms with Crippen LogP contribution in [0.2, 0.25) is 0 Å². The van der Waals surface area contributed by atoms with Gasteiger partial charge in [0.2, 0.25) is 0 Å². The molecule has 4 nitrogen and oxygen atoms in total. The fourth-order valence-electron chi connectivity index (χ4n) is 1.32. The lowest BCUT2D eigenvalue weighted by Crippen LogP contribution is -2.53. The van der Waals surface area contributed by atoms with Crippen molar-refractivity contribution >= 4 is 5.97 Å². The van der Waals surface area contributed by atoms with E-state index in [1.54, 1.807) is 6.92 Å². The maximum absolute atomic E-state index is 10.7. The monoisotopic (exact) mass is 159 g/mol. The first kappa shape index (κ1) is 8.49. The molecule has 0 aromatic heterocycles. The number of carboxylic acid groups (broad SMARTS) is 1. The standard InChI is InChI=1S/C7H13NO3/c1-7(6(9)10)4-2-3-5-8(7)11/h11H,2-5H2,1H3,(H,9,10). The molecule has 1 aliphatic heterocycles. The topological polar surface area (TPSA) is 60.8 Å². The number of hydrogen-bond donors (Lipinski definition) is 2. The number of hydrogen-bond acceptors (Lipinski definition) is 3. The molecule has 0 saturated carbocycles. The maximum Gasteiger partial charge on any atom is 0.326 e. The van der Waals surface area contributed by atoms with E-state index in [1.807, 2.05) is 0 Å². The van der Waals surface area contributed by atoms with Crippen molar-refractivity contribution in [3.8, 4) is 0 Å². The maximum atomic E-state index is 10.7. The second-order valence-electron chi connectivity index (χ2n) is 3.16. The van der Waals surface area contributed by atoms with Gasteiger partial charge < -0.3 is 10.3 Å². The van der Waals surface area contributed by atoms with E-state index in [9.17, 15) is 10.0 Å². The summed E-state index contributed by atoms with van der Waals surface area (Å²) in [5.41, 5.74) is -1.06. The molecule has 1 fully saturated rings. The summed E-state index contributed by atoms with van der Waals surface area (Å²) in [6.07, 6.45) is 2.28. The molecule has 1 heterocycles. The third kappa shape index (κ3) is 1.36. The van der Waals surface area contributed by atoms with Crippen molar-refractivity contribution in [3.05, 3.63) is 0 Å². The first-order valence-electron chi connectivity index (χ1n) is 3.77. The molecular weight excluding hydrogens is 146 g/mol. The number of rotatable bonds is 1. The van der Waals surface area contributed by atoms with Crippen molar-refractivity contribution in [2.24, 2.45) is 0 Å². The van der Waals surface area contributed by atoms with Crippen LogP contribution in [-0.4, -0.2) is 33.4 Å². The molecule has 4 heteroatoms. The van der Waals surface area contributed by atoms with Crippen LogP contribution in [0.3, 0.4) is 0 Å². The molecule has 1 atom stereocenters. The molecule has 1 unspecified atom stereocenters. The molecule has 1 saturated heterocycles. The van der Waals surface area contributed by atoms with E-state index in [2.05, 4.69) is 0 Å². The van der Waals surface area contributed by atoms with E-state index < -0.39 is 11.5 Å². The number of carbonyl (C=O) groups is 1. The van der Waals surface area contributed by atoms with Gasteiger partial charge in [-0.3, -0.25) is 4.79 Å². The molecule has 11 heavy (non-hydrogen) atoms. The predicted molar refractivity (Wildman–Crippen MR) is 38.4 cm³/mol. The van der Waals surface area contributed by atoms with Crippen molar-refractivity contribution in [2.45, 2.75) is 31.7 Å². The largest absolute Gasteiger partial charge is 0.480 e. The second-order valence-corrected chi connectivity index (χ2v) is 3.16. The van der Waals surface area contributed by atoms with Gasteiger partial charge in [0.05, 0.1) is 0 Å². The molecule has 0 radical (unpaired) electrons. The number of nitrogens with zero attached hydrogens (tertiary/aromatic N) is 1. The summed E-state index contributed by atoms with van der Waals surface area (Å²) in [6.45, 7) is 2.01. The Morgan fingerprint density at radius 3 is 2.55 bits per heavy atom. The Morgan fingerprint density at radius 1 is 1.55 bits per heavy atom. The van der Waals surface area contributed by atoms with Crippen molar-refractivity contribution in [2.75, 3.05) is 6.54 Å². The van der Waals surface area contributed by atoms with Gasteiger partial charge in [-0.05, 0) is 26.2 Å². The van der Waals surface area contributed by atoms with E-state index in [-0.39, 0.29) is 0 Å². The highest BCUT2D eigenvalue weighted by Gasteiger charge is 2.40. The third-order valence-electron chi connectivity index (χ3n) is 2.31. The van der Waals surface area contributed by atoms with Gasteiger partial charge in [0.15, 0.2) is 0 Å². The lowest BCUT2D eigenvalue weighted by molar-refractivity contribution is -0.203. The summed E-state index contributed by atoms with van der Waals surface area (Å²) in [5.74, 6) is -0.945. The van der Waals surface area contributed by atoms with Crippen LogP contribution in [0, 0.1) is 0 Å². The zero-order valence-electron chi connectivity index (χ0n) is 6.58. The molecule has 0 aromatic carbocycles. The smallest absolute Gasteiger partial charge is 0.326 e. The fraction of sp³-hybridized carbons (Fsp3) is 0.857. The minimum Gasteiger partial charge on any atom is -0.480 e. The number of hydroxylamine groups is 2. The average Bonchev–Trinajstić information content (AvgIpc) is 1.95. The Bertz CT molecular complexity index is 171. The van der Waals surface area contributed by atoms with Crippen LogP contribution < -0.4 is 0 Å². The number of carboxylic acids is 1.